The van der Waals surface area contributed by atoms with E-state index in [4.69, 9.17) is 27.9 Å². The number of carbonyl (C=O) groups is 2. The van der Waals surface area contributed by atoms with Crippen molar-refractivity contribution in [2.45, 2.75) is 13.0 Å². The number of pyridine rings is 1. The number of ether oxygens (including phenoxy) is 1. The number of aliphatic hydroxyl groups is 1. The van der Waals surface area contributed by atoms with E-state index in [1.165, 1.54) is 11.0 Å². The third-order valence-electron chi connectivity index (χ3n) is 5.05. The second-order valence-corrected chi connectivity index (χ2v) is 7.85. The molecule has 2 aromatic carbocycles. The Morgan fingerprint density at radius 1 is 1.12 bits per heavy atom. The van der Waals surface area contributed by atoms with E-state index >= 15 is 0 Å². The SMILES string of the molecule is CCOc1ccc(Cl)c(/C(O)=C2\C(=O)C(=O)N(c3ccc(Cl)cc3)C2c2cccnc2)c1. The van der Waals surface area contributed by atoms with Gasteiger partial charge in [-0.1, -0.05) is 29.3 Å². The molecule has 8 heteroatoms. The van der Waals surface area contributed by atoms with Gasteiger partial charge < -0.3 is 9.84 Å². The molecule has 162 valence electrons. The quantitative estimate of drug-likeness (QED) is 0.307. The van der Waals surface area contributed by atoms with Gasteiger partial charge in [-0.3, -0.25) is 19.5 Å². The first-order valence-corrected chi connectivity index (χ1v) is 10.6. The largest absolute Gasteiger partial charge is 0.507 e. The van der Waals surface area contributed by atoms with Crippen LogP contribution in [0.4, 0.5) is 5.69 Å². The summed E-state index contributed by atoms with van der Waals surface area (Å²) < 4.78 is 5.50. The molecule has 0 bridgehead atoms. The summed E-state index contributed by atoms with van der Waals surface area (Å²) in [7, 11) is 0. The molecular formula is C24H18Cl2N2O4. The fourth-order valence-electron chi connectivity index (χ4n) is 3.64. The minimum Gasteiger partial charge on any atom is -0.507 e. The van der Waals surface area contributed by atoms with Crippen LogP contribution in [-0.2, 0) is 9.59 Å². The number of anilines is 1. The molecular weight excluding hydrogens is 451 g/mol. The Morgan fingerprint density at radius 3 is 2.53 bits per heavy atom. The monoisotopic (exact) mass is 468 g/mol. The van der Waals surface area contributed by atoms with Crippen LogP contribution in [0, 0.1) is 0 Å². The third-order valence-corrected chi connectivity index (χ3v) is 5.63. The number of Topliss-reactive ketones (excluding diaryl/α,β-unsaturated/α-hetero) is 1. The van der Waals surface area contributed by atoms with Crippen LogP contribution in [0.1, 0.15) is 24.1 Å². The smallest absolute Gasteiger partial charge is 0.300 e. The molecule has 1 N–H and O–H groups in total. The lowest BCUT2D eigenvalue weighted by Gasteiger charge is -2.25. The van der Waals surface area contributed by atoms with E-state index < -0.39 is 17.7 Å². The van der Waals surface area contributed by atoms with Crippen molar-refractivity contribution in [1.29, 1.82) is 0 Å². The van der Waals surface area contributed by atoms with Gasteiger partial charge in [0.1, 0.15) is 11.5 Å². The molecule has 0 aliphatic carbocycles. The molecule has 1 aliphatic rings. The summed E-state index contributed by atoms with van der Waals surface area (Å²) in [4.78, 5) is 31.7. The Bertz CT molecular complexity index is 1210. The van der Waals surface area contributed by atoms with Crippen molar-refractivity contribution >= 4 is 46.3 Å². The summed E-state index contributed by atoms with van der Waals surface area (Å²) in [6.07, 6.45) is 3.13. The highest BCUT2D eigenvalue weighted by Gasteiger charge is 2.47. The molecule has 1 aromatic heterocycles. The van der Waals surface area contributed by atoms with Gasteiger partial charge in [-0.15, -0.1) is 0 Å². The number of hydrogen-bond acceptors (Lipinski definition) is 5. The van der Waals surface area contributed by atoms with Crippen molar-refractivity contribution in [2.24, 2.45) is 0 Å². The van der Waals surface area contributed by atoms with Gasteiger partial charge >= 0.3 is 0 Å². The number of ketones is 1. The average molecular weight is 469 g/mol. The first-order valence-electron chi connectivity index (χ1n) is 9.81. The second kappa shape index (κ2) is 9.02. The van der Waals surface area contributed by atoms with Crippen LogP contribution in [0.2, 0.25) is 10.0 Å². The van der Waals surface area contributed by atoms with Crippen LogP contribution in [0.3, 0.4) is 0 Å². The van der Waals surface area contributed by atoms with Crippen LogP contribution in [0.25, 0.3) is 5.76 Å². The van der Waals surface area contributed by atoms with Gasteiger partial charge in [0.15, 0.2) is 0 Å². The molecule has 3 aromatic rings. The number of carbonyl (C=O) groups excluding carboxylic acids is 2. The number of nitrogens with zero attached hydrogens (tertiary/aromatic N) is 2. The van der Waals surface area contributed by atoms with E-state index in [1.54, 1.807) is 60.9 Å². The zero-order valence-electron chi connectivity index (χ0n) is 17.0. The summed E-state index contributed by atoms with van der Waals surface area (Å²) in [6, 6.07) is 13.8. The number of benzene rings is 2. The predicted molar refractivity (Wildman–Crippen MR) is 123 cm³/mol. The molecule has 1 amide bonds. The lowest BCUT2D eigenvalue weighted by atomic mass is 9.96. The molecule has 1 saturated heterocycles. The maximum atomic E-state index is 13.1. The number of halogens is 2. The molecule has 32 heavy (non-hydrogen) atoms. The normalized spacial score (nSPS) is 17.6. The minimum absolute atomic E-state index is 0.0894. The highest BCUT2D eigenvalue weighted by atomic mass is 35.5. The van der Waals surface area contributed by atoms with E-state index in [-0.39, 0.29) is 21.9 Å². The molecule has 0 spiro atoms. The van der Waals surface area contributed by atoms with Gasteiger partial charge in [0.2, 0.25) is 0 Å². The van der Waals surface area contributed by atoms with Gasteiger partial charge in [0.25, 0.3) is 11.7 Å². The molecule has 1 atom stereocenters. The number of hydrogen-bond donors (Lipinski definition) is 1. The Morgan fingerprint density at radius 2 is 1.88 bits per heavy atom. The van der Waals surface area contributed by atoms with Crippen molar-refractivity contribution in [3.05, 3.63) is 93.7 Å². The van der Waals surface area contributed by atoms with Crippen molar-refractivity contribution in [1.82, 2.24) is 4.98 Å². The van der Waals surface area contributed by atoms with Crippen LogP contribution in [0.15, 0.2) is 72.6 Å². The lowest BCUT2D eigenvalue weighted by Crippen LogP contribution is -2.29. The molecule has 2 heterocycles. The maximum Gasteiger partial charge on any atom is 0.300 e. The van der Waals surface area contributed by atoms with Crippen LogP contribution in [0.5, 0.6) is 5.75 Å². The zero-order chi connectivity index (χ0) is 22.8. The molecule has 1 unspecified atom stereocenters. The van der Waals surface area contributed by atoms with Gasteiger partial charge in [0, 0.05) is 28.7 Å². The fraction of sp³-hybridized carbons (Fsp3) is 0.125. The van der Waals surface area contributed by atoms with E-state index in [9.17, 15) is 14.7 Å². The second-order valence-electron chi connectivity index (χ2n) is 7.01. The first-order chi connectivity index (χ1) is 15.4. The average Bonchev–Trinajstić information content (AvgIpc) is 3.06. The summed E-state index contributed by atoms with van der Waals surface area (Å²) in [5, 5.41) is 11.9. The third kappa shape index (κ3) is 3.95. The van der Waals surface area contributed by atoms with Crippen molar-refractivity contribution < 1.29 is 19.4 Å². The Labute approximate surface area is 194 Å². The highest BCUT2D eigenvalue weighted by Crippen LogP contribution is 2.43. The van der Waals surface area contributed by atoms with E-state index in [0.717, 1.165) is 0 Å². The molecule has 1 aliphatic heterocycles. The number of amides is 1. The molecule has 0 saturated carbocycles. The maximum absolute atomic E-state index is 13.1. The number of aliphatic hydroxyl groups excluding tert-OH is 1. The summed E-state index contributed by atoms with van der Waals surface area (Å²) >= 11 is 12.3. The van der Waals surface area contributed by atoms with Crippen molar-refractivity contribution in [2.75, 3.05) is 11.5 Å². The summed E-state index contributed by atoms with van der Waals surface area (Å²) in [5.41, 5.74) is 1.12. The molecule has 4 rings (SSSR count). The zero-order valence-corrected chi connectivity index (χ0v) is 18.5. The lowest BCUT2D eigenvalue weighted by molar-refractivity contribution is -0.132. The highest BCUT2D eigenvalue weighted by molar-refractivity contribution is 6.52. The van der Waals surface area contributed by atoms with Gasteiger partial charge in [0.05, 0.1) is 23.2 Å². The van der Waals surface area contributed by atoms with Crippen molar-refractivity contribution in [3.8, 4) is 5.75 Å². The molecule has 1 fully saturated rings. The van der Waals surface area contributed by atoms with Gasteiger partial charge in [-0.2, -0.15) is 0 Å². The Balaban J connectivity index is 1.94. The van der Waals surface area contributed by atoms with Gasteiger partial charge in [-0.05, 0) is 61.0 Å². The molecule has 6 nitrogen and oxygen atoms in total. The van der Waals surface area contributed by atoms with E-state index in [0.29, 0.717) is 28.6 Å². The summed E-state index contributed by atoms with van der Waals surface area (Å²) in [6.45, 7) is 2.24. The van der Waals surface area contributed by atoms with Crippen molar-refractivity contribution in [3.63, 3.8) is 0 Å². The molecule has 0 radical (unpaired) electrons. The van der Waals surface area contributed by atoms with E-state index in [2.05, 4.69) is 4.98 Å². The summed E-state index contributed by atoms with van der Waals surface area (Å²) in [5.74, 6) is -1.52. The Kier molecular flexibility index (Phi) is 6.17. The standard InChI is InChI=1S/C24H18Cl2N2O4/c1-2-32-17-9-10-19(26)18(12-17)22(29)20-21(14-4-3-11-27-13-14)28(24(31)23(20)30)16-7-5-15(25)6-8-16/h3-13,21,29H,2H2,1H3/b22-20+. The number of rotatable bonds is 5. The van der Waals surface area contributed by atoms with Crippen LogP contribution >= 0.6 is 23.2 Å². The Hall–Kier alpha value is -3.35. The van der Waals surface area contributed by atoms with Gasteiger partial charge in [-0.25, -0.2) is 0 Å². The first kappa shape index (κ1) is 21.9. The topological polar surface area (TPSA) is 79.7 Å². The fourth-order valence-corrected chi connectivity index (χ4v) is 3.97. The minimum atomic E-state index is -0.906. The van der Waals surface area contributed by atoms with Crippen LogP contribution in [-0.4, -0.2) is 28.4 Å². The van der Waals surface area contributed by atoms with E-state index in [1.807, 2.05) is 6.92 Å². The predicted octanol–water partition coefficient (Wildman–Crippen LogP) is 5.41. The van der Waals surface area contributed by atoms with Crippen LogP contribution < -0.4 is 9.64 Å². The number of aromatic nitrogens is 1.